The van der Waals surface area contributed by atoms with Crippen LogP contribution in [0.5, 0.6) is 0 Å². The molecule has 108 valence electrons. The third kappa shape index (κ3) is 3.73. The van der Waals surface area contributed by atoms with Gasteiger partial charge in [-0.15, -0.1) is 0 Å². The van der Waals surface area contributed by atoms with E-state index < -0.39 is 0 Å². The number of benzene rings is 2. The summed E-state index contributed by atoms with van der Waals surface area (Å²) in [6.45, 7) is 0. The molecular weight excluding hydrogens is 290 g/mol. The van der Waals surface area contributed by atoms with E-state index in [1.54, 1.807) is 43.4 Å². The number of carbonyl (C=O) groups excluding carboxylic acids is 2. The van der Waals surface area contributed by atoms with E-state index in [0.29, 0.717) is 27.5 Å². The number of nitrogens with one attached hydrogen (secondary N) is 2. The monoisotopic (exact) mass is 303 g/mol. The van der Waals surface area contributed by atoms with Gasteiger partial charge in [0.25, 0.3) is 11.8 Å². The Morgan fingerprint density at radius 3 is 2.24 bits per heavy atom. The minimum Gasteiger partial charge on any atom is -0.399 e. The minimum atomic E-state index is -0.322. The number of hydrogen-bond acceptors (Lipinski definition) is 3. The van der Waals surface area contributed by atoms with Gasteiger partial charge in [-0.1, -0.05) is 11.6 Å². The Kier molecular flexibility index (Phi) is 4.45. The molecule has 0 bridgehead atoms. The van der Waals surface area contributed by atoms with Crippen LogP contribution >= 0.6 is 11.6 Å². The highest BCUT2D eigenvalue weighted by molar-refractivity contribution is 6.31. The first-order valence-corrected chi connectivity index (χ1v) is 6.57. The van der Waals surface area contributed by atoms with Gasteiger partial charge in [-0.25, -0.2) is 0 Å². The second kappa shape index (κ2) is 6.28. The van der Waals surface area contributed by atoms with Crippen molar-refractivity contribution in [3.8, 4) is 0 Å². The molecule has 0 saturated heterocycles. The molecule has 4 N–H and O–H groups in total. The molecule has 0 aromatic heterocycles. The van der Waals surface area contributed by atoms with Gasteiger partial charge in [0.2, 0.25) is 0 Å². The van der Waals surface area contributed by atoms with E-state index in [0.717, 1.165) is 0 Å². The second-order valence-corrected chi connectivity index (χ2v) is 4.82. The summed E-state index contributed by atoms with van der Waals surface area (Å²) in [5.74, 6) is -0.507. The Bertz CT molecular complexity index is 664. The van der Waals surface area contributed by atoms with Crippen molar-refractivity contribution < 1.29 is 9.59 Å². The zero-order chi connectivity index (χ0) is 15.4. The molecule has 0 saturated carbocycles. The minimum absolute atomic E-state index is 0.185. The van der Waals surface area contributed by atoms with Gasteiger partial charge in [-0.05, 0) is 42.5 Å². The van der Waals surface area contributed by atoms with Crippen LogP contribution < -0.4 is 16.4 Å². The lowest BCUT2D eigenvalue weighted by atomic mass is 10.1. The lowest BCUT2D eigenvalue weighted by Gasteiger charge is -2.07. The quantitative estimate of drug-likeness (QED) is 0.762. The maximum absolute atomic E-state index is 12.1. The first-order valence-electron chi connectivity index (χ1n) is 6.19. The molecule has 0 aliphatic heterocycles. The summed E-state index contributed by atoms with van der Waals surface area (Å²) in [5.41, 5.74) is 7.53. The fourth-order valence-electron chi connectivity index (χ4n) is 1.80. The molecule has 0 atom stereocenters. The van der Waals surface area contributed by atoms with Crippen molar-refractivity contribution in [1.82, 2.24) is 5.32 Å². The summed E-state index contributed by atoms with van der Waals surface area (Å²) in [6, 6.07) is 11.2. The second-order valence-electron chi connectivity index (χ2n) is 4.38. The average Bonchev–Trinajstić information content (AvgIpc) is 2.46. The van der Waals surface area contributed by atoms with Crippen molar-refractivity contribution in [2.24, 2.45) is 0 Å². The maximum atomic E-state index is 12.1. The van der Waals surface area contributed by atoms with E-state index in [4.69, 9.17) is 17.3 Å². The van der Waals surface area contributed by atoms with Crippen LogP contribution in [-0.2, 0) is 0 Å². The smallest absolute Gasteiger partial charge is 0.255 e. The Balaban J connectivity index is 2.14. The first kappa shape index (κ1) is 14.9. The summed E-state index contributed by atoms with van der Waals surface area (Å²) in [6.07, 6.45) is 0. The summed E-state index contributed by atoms with van der Waals surface area (Å²) in [7, 11) is 1.56. The van der Waals surface area contributed by atoms with Crippen LogP contribution in [0.1, 0.15) is 20.7 Å². The topological polar surface area (TPSA) is 84.2 Å². The van der Waals surface area contributed by atoms with E-state index in [1.165, 1.54) is 6.07 Å². The molecule has 0 radical (unpaired) electrons. The fraction of sp³-hybridized carbons (Fsp3) is 0.0667. The largest absolute Gasteiger partial charge is 0.399 e. The van der Waals surface area contributed by atoms with Gasteiger partial charge in [0, 0.05) is 34.6 Å². The zero-order valence-electron chi connectivity index (χ0n) is 11.3. The van der Waals surface area contributed by atoms with Crippen molar-refractivity contribution in [2.45, 2.75) is 0 Å². The van der Waals surface area contributed by atoms with Gasteiger partial charge < -0.3 is 16.4 Å². The number of nitrogen functional groups attached to an aromatic ring is 1. The lowest BCUT2D eigenvalue weighted by molar-refractivity contribution is 0.0962. The number of hydrogen-bond donors (Lipinski definition) is 3. The molecular formula is C15H14ClN3O2. The Labute approximate surface area is 127 Å². The van der Waals surface area contributed by atoms with Crippen molar-refractivity contribution in [1.29, 1.82) is 0 Å². The van der Waals surface area contributed by atoms with Crippen LogP contribution in [0, 0.1) is 0 Å². The number of anilines is 2. The van der Waals surface area contributed by atoms with E-state index in [-0.39, 0.29) is 11.8 Å². The molecule has 0 aliphatic carbocycles. The van der Waals surface area contributed by atoms with Crippen molar-refractivity contribution in [2.75, 3.05) is 18.1 Å². The Morgan fingerprint density at radius 1 is 1.00 bits per heavy atom. The highest BCUT2D eigenvalue weighted by Crippen LogP contribution is 2.18. The van der Waals surface area contributed by atoms with Crippen LogP contribution in [0.4, 0.5) is 11.4 Å². The number of nitrogens with two attached hydrogens (primary N) is 1. The summed E-state index contributed by atoms with van der Waals surface area (Å²) >= 11 is 5.86. The van der Waals surface area contributed by atoms with Crippen LogP contribution in [-0.4, -0.2) is 18.9 Å². The van der Waals surface area contributed by atoms with Crippen molar-refractivity contribution in [3.63, 3.8) is 0 Å². The van der Waals surface area contributed by atoms with Gasteiger partial charge in [0.15, 0.2) is 0 Å². The number of rotatable bonds is 3. The highest BCUT2D eigenvalue weighted by Gasteiger charge is 2.09. The van der Waals surface area contributed by atoms with Crippen molar-refractivity contribution in [3.05, 3.63) is 58.6 Å². The zero-order valence-corrected chi connectivity index (χ0v) is 12.1. The standard InChI is InChI=1S/C15H14ClN3O2/c1-18-14(20)9-2-4-13(5-3-9)19-15(21)10-6-11(16)8-12(17)7-10/h2-8H,17H2,1H3,(H,18,20)(H,19,21). The third-order valence-electron chi connectivity index (χ3n) is 2.81. The molecule has 2 aromatic rings. The van der Waals surface area contributed by atoms with Crippen LogP contribution in [0.25, 0.3) is 0 Å². The average molecular weight is 304 g/mol. The number of amides is 2. The van der Waals surface area contributed by atoms with E-state index in [2.05, 4.69) is 10.6 Å². The van der Waals surface area contributed by atoms with Gasteiger partial charge in [-0.3, -0.25) is 9.59 Å². The molecule has 2 amide bonds. The molecule has 21 heavy (non-hydrogen) atoms. The van der Waals surface area contributed by atoms with Crippen molar-refractivity contribution >= 4 is 34.8 Å². The normalized spacial score (nSPS) is 10.0. The number of halogens is 1. The molecule has 0 unspecified atom stereocenters. The fourth-order valence-corrected chi connectivity index (χ4v) is 2.04. The van der Waals surface area contributed by atoms with Gasteiger partial charge >= 0.3 is 0 Å². The SMILES string of the molecule is CNC(=O)c1ccc(NC(=O)c2cc(N)cc(Cl)c2)cc1. The molecule has 6 heteroatoms. The molecule has 2 aromatic carbocycles. The summed E-state index contributed by atoms with van der Waals surface area (Å²) in [5, 5.41) is 5.64. The van der Waals surface area contributed by atoms with Gasteiger partial charge in [0.1, 0.15) is 0 Å². The molecule has 0 heterocycles. The predicted octanol–water partition coefficient (Wildman–Crippen LogP) is 2.53. The molecule has 0 fully saturated rings. The third-order valence-corrected chi connectivity index (χ3v) is 3.03. The molecule has 5 nitrogen and oxygen atoms in total. The van der Waals surface area contributed by atoms with E-state index in [1.807, 2.05) is 0 Å². The first-order chi connectivity index (χ1) is 9.99. The molecule has 0 aliphatic rings. The molecule has 0 spiro atoms. The molecule has 2 rings (SSSR count). The van der Waals surface area contributed by atoms with Crippen LogP contribution in [0.2, 0.25) is 5.02 Å². The van der Waals surface area contributed by atoms with E-state index >= 15 is 0 Å². The lowest BCUT2D eigenvalue weighted by Crippen LogP contribution is -2.18. The maximum Gasteiger partial charge on any atom is 0.255 e. The highest BCUT2D eigenvalue weighted by atomic mass is 35.5. The summed E-state index contributed by atoms with van der Waals surface area (Å²) < 4.78 is 0. The van der Waals surface area contributed by atoms with E-state index in [9.17, 15) is 9.59 Å². The van der Waals surface area contributed by atoms with Gasteiger partial charge in [0.05, 0.1) is 0 Å². The van der Waals surface area contributed by atoms with Gasteiger partial charge in [-0.2, -0.15) is 0 Å². The number of carbonyl (C=O) groups is 2. The predicted molar refractivity (Wildman–Crippen MR) is 83.6 cm³/mol. The Hall–Kier alpha value is -2.53. The summed E-state index contributed by atoms with van der Waals surface area (Å²) in [4.78, 5) is 23.5. The van der Waals surface area contributed by atoms with Crippen LogP contribution in [0.15, 0.2) is 42.5 Å². The van der Waals surface area contributed by atoms with Crippen LogP contribution in [0.3, 0.4) is 0 Å². The Morgan fingerprint density at radius 2 is 1.67 bits per heavy atom.